The minimum atomic E-state index is -3.87. The van der Waals surface area contributed by atoms with Crippen molar-refractivity contribution in [1.82, 2.24) is 4.31 Å². The molecule has 7 heteroatoms. The van der Waals surface area contributed by atoms with E-state index >= 15 is 0 Å². The number of benzene rings is 1. The van der Waals surface area contributed by atoms with Crippen LogP contribution in [0, 0.1) is 0 Å². The largest absolute Gasteiger partial charge is 0.480 e. The number of nitrogens with zero attached hydrogens (tertiary/aromatic N) is 1. The van der Waals surface area contributed by atoms with E-state index in [1.807, 2.05) is 0 Å². The van der Waals surface area contributed by atoms with E-state index in [1.54, 1.807) is 18.2 Å². The van der Waals surface area contributed by atoms with Crippen LogP contribution in [0.4, 0.5) is 0 Å². The molecule has 98 valence electrons. The maximum atomic E-state index is 12.2. The summed E-state index contributed by atoms with van der Waals surface area (Å²) < 4.78 is 25.3. The fourth-order valence-corrected chi connectivity index (χ4v) is 3.65. The summed E-state index contributed by atoms with van der Waals surface area (Å²) in [6.07, 6.45) is -1.02. The second-order valence-corrected chi connectivity index (χ2v) is 6.02. The number of carboxylic acid groups (broad SMARTS) is 1. The fraction of sp³-hybridized carbons (Fsp3) is 0.364. The fourth-order valence-electron chi connectivity index (χ4n) is 2.00. The van der Waals surface area contributed by atoms with Crippen LogP contribution in [-0.4, -0.2) is 47.6 Å². The van der Waals surface area contributed by atoms with Gasteiger partial charge in [-0.1, -0.05) is 18.2 Å². The van der Waals surface area contributed by atoms with Crippen molar-refractivity contribution in [3.8, 4) is 0 Å². The molecule has 1 aromatic rings. The molecule has 0 bridgehead atoms. The Labute approximate surface area is 105 Å². The number of sulfonamides is 1. The summed E-state index contributed by atoms with van der Waals surface area (Å²) in [5.41, 5.74) is 0. The first-order valence-corrected chi connectivity index (χ1v) is 6.84. The molecule has 0 spiro atoms. The van der Waals surface area contributed by atoms with Gasteiger partial charge in [0.15, 0.2) is 0 Å². The van der Waals surface area contributed by atoms with E-state index in [-0.39, 0.29) is 17.9 Å². The number of β-amino-alcohol motifs (C(OH)–C–C–N with tert-alkyl or cyclic N) is 1. The maximum Gasteiger partial charge on any atom is 0.322 e. The highest BCUT2D eigenvalue weighted by Gasteiger charge is 2.43. The van der Waals surface area contributed by atoms with Gasteiger partial charge in [-0.25, -0.2) is 8.42 Å². The van der Waals surface area contributed by atoms with Crippen molar-refractivity contribution in [2.75, 3.05) is 6.54 Å². The minimum Gasteiger partial charge on any atom is -0.480 e. The first kappa shape index (κ1) is 13.0. The summed E-state index contributed by atoms with van der Waals surface area (Å²) in [5.74, 6) is -1.24. The summed E-state index contributed by atoms with van der Waals surface area (Å²) in [6.45, 7) is -0.186. The first-order chi connectivity index (χ1) is 8.43. The highest BCUT2D eigenvalue weighted by atomic mass is 32.2. The number of hydrogen-bond acceptors (Lipinski definition) is 4. The van der Waals surface area contributed by atoms with Gasteiger partial charge in [0.1, 0.15) is 6.04 Å². The Kier molecular flexibility index (Phi) is 3.38. The van der Waals surface area contributed by atoms with E-state index in [0.717, 1.165) is 4.31 Å². The number of carbonyl (C=O) groups is 1. The second-order valence-electron chi connectivity index (χ2n) is 4.13. The Morgan fingerprint density at radius 2 is 1.89 bits per heavy atom. The molecule has 0 aliphatic carbocycles. The lowest BCUT2D eigenvalue weighted by Crippen LogP contribution is -2.40. The molecule has 0 saturated carbocycles. The Hall–Kier alpha value is -1.44. The van der Waals surface area contributed by atoms with Gasteiger partial charge in [0.2, 0.25) is 10.0 Å². The lowest BCUT2D eigenvalue weighted by Gasteiger charge is -2.20. The molecular weight excluding hydrogens is 258 g/mol. The standard InChI is InChI=1S/C11H13NO5S/c13-8-6-10(11(14)15)12(7-8)18(16,17)9-4-2-1-3-5-9/h1-5,8,10,13H,6-7H2,(H,14,15)/t8-,10+/m0/s1. The summed E-state index contributed by atoms with van der Waals surface area (Å²) in [6, 6.07) is 6.40. The van der Waals surface area contributed by atoms with Gasteiger partial charge in [-0.2, -0.15) is 4.31 Å². The molecular formula is C11H13NO5S. The van der Waals surface area contributed by atoms with E-state index < -0.39 is 28.1 Å². The lowest BCUT2D eigenvalue weighted by molar-refractivity contribution is -0.140. The third kappa shape index (κ3) is 2.24. The average Bonchev–Trinajstić information content (AvgIpc) is 2.73. The van der Waals surface area contributed by atoms with Crippen LogP contribution in [0.5, 0.6) is 0 Å². The number of carboxylic acids is 1. The van der Waals surface area contributed by atoms with E-state index in [4.69, 9.17) is 5.11 Å². The zero-order chi connectivity index (χ0) is 13.3. The van der Waals surface area contributed by atoms with Gasteiger partial charge in [-0.15, -0.1) is 0 Å². The molecule has 0 radical (unpaired) electrons. The maximum absolute atomic E-state index is 12.2. The molecule has 1 aliphatic rings. The van der Waals surface area contributed by atoms with Crippen molar-refractivity contribution in [2.24, 2.45) is 0 Å². The smallest absolute Gasteiger partial charge is 0.322 e. The predicted octanol–water partition coefficient (Wildman–Crippen LogP) is -0.105. The molecule has 2 rings (SSSR count). The van der Waals surface area contributed by atoms with Gasteiger partial charge in [-0.05, 0) is 12.1 Å². The van der Waals surface area contributed by atoms with E-state index in [2.05, 4.69) is 0 Å². The number of aliphatic hydroxyl groups excluding tert-OH is 1. The van der Waals surface area contributed by atoms with Gasteiger partial charge in [-0.3, -0.25) is 4.79 Å². The molecule has 0 aromatic heterocycles. The molecule has 0 unspecified atom stereocenters. The topological polar surface area (TPSA) is 94.9 Å². The molecule has 1 heterocycles. The minimum absolute atomic E-state index is 0.0327. The van der Waals surface area contributed by atoms with Crippen LogP contribution >= 0.6 is 0 Å². The van der Waals surface area contributed by atoms with E-state index in [1.165, 1.54) is 12.1 Å². The van der Waals surface area contributed by atoms with Crippen LogP contribution in [0.25, 0.3) is 0 Å². The molecule has 1 aromatic carbocycles. The average molecular weight is 271 g/mol. The highest BCUT2D eigenvalue weighted by Crippen LogP contribution is 2.26. The molecule has 1 saturated heterocycles. The third-order valence-electron chi connectivity index (χ3n) is 2.87. The van der Waals surface area contributed by atoms with Crippen LogP contribution in [0.3, 0.4) is 0 Å². The zero-order valence-electron chi connectivity index (χ0n) is 9.43. The molecule has 2 N–H and O–H groups in total. The van der Waals surface area contributed by atoms with Crippen molar-refractivity contribution in [3.05, 3.63) is 30.3 Å². The quantitative estimate of drug-likeness (QED) is 0.800. The molecule has 2 atom stereocenters. The predicted molar refractivity (Wildman–Crippen MR) is 62.4 cm³/mol. The van der Waals surface area contributed by atoms with Crippen LogP contribution < -0.4 is 0 Å². The van der Waals surface area contributed by atoms with Gasteiger partial charge in [0.25, 0.3) is 0 Å². The second kappa shape index (κ2) is 4.68. The Morgan fingerprint density at radius 3 is 2.44 bits per heavy atom. The highest BCUT2D eigenvalue weighted by molar-refractivity contribution is 7.89. The Balaban J connectivity index is 2.38. The van der Waals surface area contributed by atoms with Crippen molar-refractivity contribution < 1.29 is 23.4 Å². The van der Waals surface area contributed by atoms with Gasteiger partial charge in [0, 0.05) is 13.0 Å². The molecule has 1 aliphatic heterocycles. The van der Waals surface area contributed by atoms with Crippen LogP contribution in [0.2, 0.25) is 0 Å². The summed E-state index contributed by atoms with van der Waals surface area (Å²) in [7, 11) is -3.87. The van der Waals surface area contributed by atoms with Crippen molar-refractivity contribution in [1.29, 1.82) is 0 Å². The van der Waals surface area contributed by atoms with Crippen LogP contribution in [0.15, 0.2) is 35.2 Å². The van der Waals surface area contributed by atoms with Gasteiger partial charge >= 0.3 is 5.97 Å². The van der Waals surface area contributed by atoms with Crippen LogP contribution in [-0.2, 0) is 14.8 Å². The molecule has 1 fully saturated rings. The van der Waals surface area contributed by atoms with Crippen molar-refractivity contribution in [2.45, 2.75) is 23.5 Å². The number of aliphatic carboxylic acids is 1. The van der Waals surface area contributed by atoms with Crippen LogP contribution in [0.1, 0.15) is 6.42 Å². The van der Waals surface area contributed by atoms with E-state index in [0.29, 0.717) is 0 Å². The SMILES string of the molecule is O=C(O)[C@H]1C[C@H](O)CN1S(=O)(=O)c1ccccc1. The normalized spacial score (nSPS) is 25.2. The summed E-state index contributed by atoms with van der Waals surface area (Å²) in [5, 5.41) is 18.5. The Bertz CT molecular complexity index is 542. The zero-order valence-corrected chi connectivity index (χ0v) is 10.2. The molecule has 0 amide bonds. The third-order valence-corrected chi connectivity index (χ3v) is 4.76. The number of hydrogen-bond donors (Lipinski definition) is 2. The molecule has 6 nitrogen and oxygen atoms in total. The summed E-state index contributed by atoms with van der Waals surface area (Å²) in [4.78, 5) is 11.1. The first-order valence-electron chi connectivity index (χ1n) is 5.40. The lowest BCUT2D eigenvalue weighted by atomic mass is 10.2. The summed E-state index contributed by atoms with van der Waals surface area (Å²) >= 11 is 0. The van der Waals surface area contributed by atoms with Crippen molar-refractivity contribution >= 4 is 16.0 Å². The monoisotopic (exact) mass is 271 g/mol. The van der Waals surface area contributed by atoms with E-state index in [9.17, 15) is 18.3 Å². The number of rotatable bonds is 3. The Morgan fingerprint density at radius 1 is 1.28 bits per heavy atom. The van der Waals surface area contributed by atoms with Gasteiger partial charge in [0.05, 0.1) is 11.0 Å². The van der Waals surface area contributed by atoms with Gasteiger partial charge < -0.3 is 10.2 Å². The number of aliphatic hydroxyl groups is 1. The molecule has 18 heavy (non-hydrogen) atoms. The van der Waals surface area contributed by atoms with Crippen molar-refractivity contribution in [3.63, 3.8) is 0 Å².